The third kappa shape index (κ3) is 2.95. The summed E-state index contributed by atoms with van der Waals surface area (Å²) in [4.78, 5) is 23.0. The Morgan fingerprint density at radius 2 is 1.90 bits per heavy atom. The maximum atomic E-state index is 12.5. The van der Waals surface area contributed by atoms with Gasteiger partial charge in [-0.25, -0.2) is 0 Å². The molecule has 0 saturated carbocycles. The Balaban J connectivity index is 2.51. The van der Waals surface area contributed by atoms with Gasteiger partial charge in [-0.1, -0.05) is 36.4 Å². The van der Waals surface area contributed by atoms with Crippen molar-refractivity contribution in [2.45, 2.75) is 12.8 Å². The molecular formula is C16H12N2O3. The van der Waals surface area contributed by atoms with E-state index < -0.39 is 16.6 Å². The van der Waals surface area contributed by atoms with Crippen LogP contribution in [0.25, 0.3) is 0 Å². The molecule has 0 aliphatic carbocycles. The third-order valence-electron chi connectivity index (χ3n) is 3.14. The number of nitriles is 1. The molecule has 0 fully saturated rings. The average Bonchev–Trinajstić information content (AvgIpc) is 2.48. The summed E-state index contributed by atoms with van der Waals surface area (Å²) in [6.07, 6.45) is 0. The summed E-state index contributed by atoms with van der Waals surface area (Å²) in [5.74, 6) is -1.61. The zero-order valence-electron chi connectivity index (χ0n) is 11.3. The first-order chi connectivity index (χ1) is 10.0. The lowest BCUT2D eigenvalue weighted by molar-refractivity contribution is -0.385. The maximum absolute atomic E-state index is 12.5. The van der Waals surface area contributed by atoms with E-state index in [1.54, 1.807) is 43.3 Å². The van der Waals surface area contributed by atoms with Gasteiger partial charge >= 0.3 is 0 Å². The molecule has 1 atom stereocenters. The minimum atomic E-state index is -1.05. The molecule has 0 aliphatic heterocycles. The average molecular weight is 280 g/mol. The van der Waals surface area contributed by atoms with Gasteiger partial charge in [0.2, 0.25) is 0 Å². The van der Waals surface area contributed by atoms with E-state index in [-0.39, 0.29) is 11.3 Å². The summed E-state index contributed by atoms with van der Waals surface area (Å²) >= 11 is 0. The molecule has 0 spiro atoms. The first-order valence-corrected chi connectivity index (χ1v) is 6.28. The van der Waals surface area contributed by atoms with E-state index in [0.29, 0.717) is 5.56 Å². The molecule has 5 nitrogen and oxygen atoms in total. The number of rotatable bonds is 4. The Morgan fingerprint density at radius 3 is 2.48 bits per heavy atom. The number of ketones is 1. The SMILES string of the molecule is Cc1ccc([N+](=O)[O-])c(C(=O)C(C#N)c2ccccc2)c1. The predicted molar refractivity (Wildman–Crippen MR) is 77.0 cm³/mol. The van der Waals surface area contributed by atoms with E-state index in [1.165, 1.54) is 12.1 Å². The number of nitro benzene ring substituents is 1. The highest BCUT2D eigenvalue weighted by molar-refractivity contribution is 6.05. The number of carbonyl (C=O) groups is 1. The largest absolute Gasteiger partial charge is 0.292 e. The van der Waals surface area contributed by atoms with Crippen LogP contribution < -0.4 is 0 Å². The van der Waals surface area contributed by atoms with Crippen LogP contribution in [0.3, 0.4) is 0 Å². The fraction of sp³-hybridized carbons (Fsp3) is 0.125. The van der Waals surface area contributed by atoms with E-state index in [9.17, 15) is 20.2 Å². The normalized spacial score (nSPS) is 11.4. The van der Waals surface area contributed by atoms with Crippen molar-refractivity contribution in [2.24, 2.45) is 0 Å². The van der Waals surface area contributed by atoms with Crippen molar-refractivity contribution in [3.8, 4) is 6.07 Å². The minimum Gasteiger partial charge on any atom is -0.292 e. The van der Waals surface area contributed by atoms with Gasteiger partial charge < -0.3 is 0 Å². The maximum Gasteiger partial charge on any atom is 0.280 e. The van der Waals surface area contributed by atoms with Crippen molar-refractivity contribution in [3.05, 3.63) is 75.3 Å². The molecule has 2 aromatic rings. The molecule has 104 valence electrons. The van der Waals surface area contributed by atoms with Crippen LogP contribution in [0.4, 0.5) is 5.69 Å². The molecule has 21 heavy (non-hydrogen) atoms. The number of carbonyl (C=O) groups excluding carboxylic acids is 1. The van der Waals surface area contributed by atoms with E-state index in [1.807, 2.05) is 6.07 Å². The summed E-state index contributed by atoms with van der Waals surface area (Å²) in [5.41, 5.74) is 0.951. The zero-order valence-corrected chi connectivity index (χ0v) is 11.3. The number of benzene rings is 2. The van der Waals surface area contributed by atoms with Crippen LogP contribution in [-0.2, 0) is 0 Å². The monoisotopic (exact) mass is 280 g/mol. The van der Waals surface area contributed by atoms with Crippen LogP contribution in [0.5, 0.6) is 0 Å². The summed E-state index contributed by atoms with van der Waals surface area (Å²) in [6, 6.07) is 14.8. The van der Waals surface area contributed by atoms with E-state index in [4.69, 9.17) is 0 Å². The molecular weight excluding hydrogens is 268 g/mol. The van der Waals surface area contributed by atoms with Gasteiger partial charge in [-0.2, -0.15) is 5.26 Å². The van der Waals surface area contributed by atoms with Crippen LogP contribution >= 0.6 is 0 Å². The zero-order chi connectivity index (χ0) is 15.4. The van der Waals surface area contributed by atoms with Crippen molar-refractivity contribution >= 4 is 11.5 Å². The number of nitrogens with zero attached hydrogens (tertiary/aromatic N) is 2. The van der Waals surface area contributed by atoms with Crippen LogP contribution in [0.15, 0.2) is 48.5 Å². The fourth-order valence-corrected chi connectivity index (χ4v) is 2.09. The summed E-state index contributed by atoms with van der Waals surface area (Å²) < 4.78 is 0. The number of nitro groups is 1. The van der Waals surface area contributed by atoms with Gasteiger partial charge in [0.15, 0.2) is 5.78 Å². The van der Waals surface area contributed by atoms with Gasteiger partial charge in [-0.15, -0.1) is 0 Å². The lowest BCUT2D eigenvalue weighted by Crippen LogP contribution is -2.13. The van der Waals surface area contributed by atoms with Crippen molar-refractivity contribution in [1.29, 1.82) is 5.26 Å². The van der Waals surface area contributed by atoms with E-state index in [0.717, 1.165) is 5.56 Å². The molecule has 5 heteroatoms. The van der Waals surface area contributed by atoms with Gasteiger partial charge in [0.05, 0.1) is 16.6 Å². The number of hydrogen-bond donors (Lipinski definition) is 0. The van der Waals surface area contributed by atoms with E-state index >= 15 is 0 Å². The molecule has 2 rings (SSSR count). The Morgan fingerprint density at radius 1 is 1.24 bits per heavy atom. The lowest BCUT2D eigenvalue weighted by Gasteiger charge is -2.09. The second-order valence-electron chi connectivity index (χ2n) is 4.61. The van der Waals surface area contributed by atoms with Gasteiger partial charge in [0, 0.05) is 6.07 Å². The van der Waals surface area contributed by atoms with Crippen molar-refractivity contribution in [2.75, 3.05) is 0 Å². The quantitative estimate of drug-likeness (QED) is 0.488. The lowest BCUT2D eigenvalue weighted by atomic mass is 9.90. The third-order valence-corrected chi connectivity index (χ3v) is 3.14. The van der Waals surface area contributed by atoms with Crippen LogP contribution in [0.1, 0.15) is 27.4 Å². The highest BCUT2D eigenvalue weighted by atomic mass is 16.6. The van der Waals surface area contributed by atoms with Crippen molar-refractivity contribution < 1.29 is 9.72 Å². The highest BCUT2D eigenvalue weighted by Gasteiger charge is 2.28. The molecule has 0 radical (unpaired) electrons. The predicted octanol–water partition coefficient (Wildman–Crippen LogP) is 3.39. The Kier molecular flexibility index (Phi) is 4.10. The molecule has 0 bridgehead atoms. The van der Waals surface area contributed by atoms with Crippen LogP contribution in [0.2, 0.25) is 0 Å². The van der Waals surface area contributed by atoms with E-state index in [2.05, 4.69) is 0 Å². The topological polar surface area (TPSA) is 84.0 Å². The Hall–Kier alpha value is -3.00. The van der Waals surface area contributed by atoms with Gasteiger partial charge in [-0.05, 0) is 24.1 Å². The van der Waals surface area contributed by atoms with Crippen LogP contribution in [-0.4, -0.2) is 10.7 Å². The minimum absolute atomic E-state index is 0.0320. The van der Waals surface area contributed by atoms with Crippen molar-refractivity contribution in [1.82, 2.24) is 0 Å². The summed E-state index contributed by atoms with van der Waals surface area (Å²) in [6.45, 7) is 1.74. The smallest absolute Gasteiger partial charge is 0.280 e. The molecule has 0 aromatic heterocycles. The number of aryl methyl sites for hydroxylation is 1. The molecule has 0 heterocycles. The molecule has 0 aliphatic rings. The van der Waals surface area contributed by atoms with Gasteiger partial charge in [0.25, 0.3) is 5.69 Å². The standard InChI is InChI=1S/C16H12N2O3/c1-11-7-8-15(18(20)21)13(9-11)16(19)14(10-17)12-5-3-2-4-6-12/h2-9,14H,1H3. The number of hydrogen-bond acceptors (Lipinski definition) is 4. The summed E-state index contributed by atoms with van der Waals surface area (Å²) in [5, 5.41) is 20.3. The summed E-state index contributed by atoms with van der Waals surface area (Å²) in [7, 11) is 0. The first kappa shape index (κ1) is 14.4. The number of Topliss-reactive ketones (excluding diaryl/α,β-unsaturated/α-hetero) is 1. The van der Waals surface area contributed by atoms with Gasteiger partial charge in [-0.3, -0.25) is 14.9 Å². The van der Waals surface area contributed by atoms with Crippen molar-refractivity contribution in [3.63, 3.8) is 0 Å². The first-order valence-electron chi connectivity index (χ1n) is 6.28. The molecule has 0 saturated heterocycles. The Bertz CT molecular complexity index is 733. The molecule has 0 amide bonds. The molecule has 2 aromatic carbocycles. The molecule has 0 N–H and O–H groups in total. The Labute approximate surface area is 121 Å². The second-order valence-corrected chi connectivity index (χ2v) is 4.61. The van der Waals surface area contributed by atoms with Gasteiger partial charge in [0.1, 0.15) is 5.92 Å². The fourth-order valence-electron chi connectivity index (χ4n) is 2.09. The molecule has 1 unspecified atom stereocenters. The van der Waals surface area contributed by atoms with Crippen LogP contribution in [0, 0.1) is 28.4 Å². The second kappa shape index (κ2) is 5.97. The highest BCUT2D eigenvalue weighted by Crippen LogP contribution is 2.27.